The van der Waals surface area contributed by atoms with Crippen LogP contribution >= 0.6 is 11.6 Å². The van der Waals surface area contributed by atoms with Crippen LogP contribution in [0.4, 0.5) is 5.69 Å². The SMILES string of the molecule is Cc1ccc(C(C#N)c2ccc([N+](=O)[O-])cc2Cl)cc1. The van der Waals surface area contributed by atoms with Gasteiger partial charge in [-0.1, -0.05) is 41.4 Å². The molecule has 0 saturated carbocycles. The van der Waals surface area contributed by atoms with Crippen molar-refractivity contribution in [3.63, 3.8) is 0 Å². The van der Waals surface area contributed by atoms with Gasteiger partial charge in [0.15, 0.2) is 0 Å². The van der Waals surface area contributed by atoms with E-state index in [4.69, 9.17) is 11.6 Å². The minimum atomic E-state index is -0.538. The molecule has 0 amide bonds. The first kappa shape index (κ1) is 14.0. The lowest BCUT2D eigenvalue weighted by Gasteiger charge is -2.12. The fourth-order valence-corrected chi connectivity index (χ4v) is 2.23. The second-order valence-corrected chi connectivity index (χ2v) is 4.84. The van der Waals surface area contributed by atoms with Gasteiger partial charge < -0.3 is 0 Å². The molecule has 100 valence electrons. The Balaban J connectivity index is 2.45. The van der Waals surface area contributed by atoms with Crippen molar-refractivity contribution >= 4 is 17.3 Å². The third-order valence-corrected chi connectivity index (χ3v) is 3.37. The first-order valence-electron chi connectivity index (χ1n) is 5.93. The molecule has 1 unspecified atom stereocenters. The van der Waals surface area contributed by atoms with Gasteiger partial charge >= 0.3 is 0 Å². The molecule has 0 fully saturated rings. The molecule has 2 rings (SSSR count). The lowest BCUT2D eigenvalue weighted by molar-refractivity contribution is -0.384. The number of halogens is 1. The van der Waals surface area contributed by atoms with Gasteiger partial charge in [0, 0.05) is 12.1 Å². The Bertz CT molecular complexity index is 690. The summed E-state index contributed by atoms with van der Waals surface area (Å²) >= 11 is 6.07. The molecule has 2 aromatic rings. The minimum Gasteiger partial charge on any atom is -0.258 e. The van der Waals surface area contributed by atoms with Crippen LogP contribution in [-0.4, -0.2) is 4.92 Å². The average Bonchev–Trinajstić information content (AvgIpc) is 2.43. The number of benzene rings is 2. The number of nitriles is 1. The molecule has 0 bridgehead atoms. The van der Waals surface area contributed by atoms with Crippen molar-refractivity contribution in [2.24, 2.45) is 0 Å². The quantitative estimate of drug-likeness (QED) is 0.627. The maximum Gasteiger partial charge on any atom is 0.270 e. The Labute approximate surface area is 121 Å². The van der Waals surface area contributed by atoms with Crippen LogP contribution in [0.1, 0.15) is 22.6 Å². The lowest BCUT2D eigenvalue weighted by Crippen LogP contribution is -2.00. The Hall–Kier alpha value is -2.38. The zero-order valence-electron chi connectivity index (χ0n) is 10.7. The smallest absolute Gasteiger partial charge is 0.258 e. The fraction of sp³-hybridized carbons (Fsp3) is 0.133. The molecule has 0 N–H and O–H groups in total. The van der Waals surface area contributed by atoms with Gasteiger partial charge in [-0.05, 0) is 24.1 Å². The monoisotopic (exact) mass is 286 g/mol. The standard InChI is InChI=1S/C15H11ClN2O2/c1-10-2-4-11(5-3-10)14(9-17)13-7-6-12(18(19)20)8-15(13)16/h2-8,14H,1H3. The zero-order chi connectivity index (χ0) is 14.7. The largest absolute Gasteiger partial charge is 0.270 e. The van der Waals surface area contributed by atoms with E-state index in [-0.39, 0.29) is 10.7 Å². The van der Waals surface area contributed by atoms with Crippen molar-refractivity contribution in [3.05, 3.63) is 74.3 Å². The van der Waals surface area contributed by atoms with Crippen LogP contribution < -0.4 is 0 Å². The number of hydrogen-bond acceptors (Lipinski definition) is 3. The highest BCUT2D eigenvalue weighted by Gasteiger charge is 2.18. The van der Waals surface area contributed by atoms with E-state index < -0.39 is 10.8 Å². The van der Waals surface area contributed by atoms with Crippen LogP contribution in [0.2, 0.25) is 5.02 Å². The number of rotatable bonds is 3. The molecular weight excluding hydrogens is 276 g/mol. The number of nitro groups is 1. The van der Waals surface area contributed by atoms with Gasteiger partial charge in [0.25, 0.3) is 5.69 Å². The molecular formula is C15H11ClN2O2. The highest BCUT2D eigenvalue weighted by atomic mass is 35.5. The summed E-state index contributed by atoms with van der Waals surface area (Å²) in [6, 6.07) is 13.9. The molecule has 0 aliphatic rings. The van der Waals surface area contributed by atoms with Crippen LogP contribution in [0.5, 0.6) is 0 Å². The summed E-state index contributed by atoms with van der Waals surface area (Å²) in [7, 11) is 0. The summed E-state index contributed by atoms with van der Waals surface area (Å²) in [5, 5.41) is 20.3. The molecule has 4 nitrogen and oxygen atoms in total. The van der Waals surface area contributed by atoms with Gasteiger partial charge in [-0.25, -0.2) is 0 Å². The van der Waals surface area contributed by atoms with E-state index in [1.165, 1.54) is 18.2 Å². The zero-order valence-corrected chi connectivity index (χ0v) is 11.5. The molecule has 2 aromatic carbocycles. The minimum absolute atomic E-state index is 0.0839. The predicted octanol–water partition coefficient (Wildman–Crippen LogP) is 4.21. The summed E-state index contributed by atoms with van der Waals surface area (Å²) < 4.78 is 0. The second-order valence-electron chi connectivity index (χ2n) is 4.44. The maximum atomic E-state index is 10.7. The van der Waals surface area contributed by atoms with E-state index in [1.807, 2.05) is 31.2 Å². The third-order valence-electron chi connectivity index (χ3n) is 3.05. The molecule has 0 heterocycles. The molecule has 0 aliphatic carbocycles. The third kappa shape index (κ3) is 2.79. The number of non-ortho nitro benzene ring substituents is 1. The van der Waals surface area contributed by atoms with E-state index in [2.05, 4.69) is 6.07 Å². The number of nitrogens with zero attached hydrogens (tertiary/aromatic N) is 2. The van der Waals surface area contributed by atoms with Crippen LogP contribution in [0.15, 0.2) is 42.5 Å². The second kappa shape index (κ2) is 5.72. The van der Waals surface area contributed by atoms with Crippen LogP contribution in [0.3, 0.4) is 0 Å². The summed E-state index contributed by atoms with van der Waals surface area (Å²) in [5.41, 5.74) is 2.40. The van der Waals surface area contributed by atoms with Crippen LogP contribution in [0, 0.1) is 28.4 Å². The first-order valence-corrected chi connectivity index (χ1v) is 6.30. The summed E-state index contributed by atoms with van der Waals surface area (Å²) in [5.74, 6) is -0.538. The van der Waals surface area contributed by atoms with Crippen LogP contribution in [0.25, 0.3) is 0 Å². The molecule has 20 heavy (non-hydrogen) atoms. The number of hydrogen-bond donors (Lipinski definition) is 0. The summed E-state index contributed by atoms with van der Waals surface area (Å²) in [6.07, 6.45) is 0. The van der Waals surface area contributed by atoms with Gasteiger partial charge in [0.1, 0.15) is 0 Å². The highest BCUT2D eigenvalue weighted by molar-refractivity contribution is 6.31. The number of aryl methyl sites for hydroxylation is 1. The normalized spacial score (nSPS) is 11.7. The topological polar surface area (TPSA) is 66.9 Å². The van der Waals surface area contributed by atoms with E-state index in [0.29, 0.717) is 5.56 Å². The molecule has 1 atom stereocenters. The number of nitro benzene ring substituents is 1. The van der Waals surface area contributed by atoms with Crippen molar-refractivity contribution in [1.29, 1.82) is 5.26 Å². The van der Waals surface area contributed by atoms with Crippen molar-refractivity contribution in [3.8, 4) is 6.07 Å². The van der Waals surface area contributed by atoms with Crippen molar-refractivity contribution in [2.75, 3.05) is 0 Å². The molecule has 0 spiro atoms. The van der Waals surface area contributed by atoms with Crippen molar-refractivity contribution < 1.29 is 4.92 Å². The Kier molecular flexibility index (Phi) is 4.02. The molecule has 0 aromatic heterocycles. The predicted molar refractivity (Wildman–Crippen MR) is 76.7 cm³/mol. The van der Waals surface area contributed by atoms with Crippen molar-refractivity contribution in [2.45, 2.75) is 12.8 Å². The van der Waals surface area contributed by atoms with E-state index in [0.717, 1.165) is 11.1 Å². The molecule has 0 aliphatic heterocycles. The summed E-state index contributed by atoms with van der Waals surface area (Å²) in [4.78, 5) is 10.2. The Morgan fingerprint density at radius 2 is 1.90 bits per heavy atom. The Morgan fingerprint density at radius 3 is 2.40 bits per heavy atom. The molecule has 5 heteroatoms. The summed E-state index contributed by atoms with van der Waals surface area (Å²) in [6.45, 7) is 1.96. The lowest BCUT2D eigenvalue weighted by atomic mass is 9.92. The van der Waals surface area contributed by atoms with E-state index in [1.54, 1.807) is 0 Å². The van der Waals surface area contributed by atoms with Gasteiger partial charge in [0.2, 0.25) is 0 Å². The maximum absolute atomic E-state index is 10.7. The van der Waals surface area contributed by atoms with E-state index in [9.17, 15) is 15.4 Å². The van der Waals surface area contributed by atoms with Gasteiger partial charge in [-0.3, -0.25) is 10.1 Å². The highest BCUT2D eigenvalue weighted by Crippen LogP contribution is 2.32. The van der Waals surface area contributed by atoms with Gasteiger partial charge in [-0.2, -0.15) is 5.26 Å². The average molecular weight is 287 g/mol. The molecule has 0 saturated heterocycles. The van der Waals surface area contributed by atoms with Gasteiger partial charge in [0.05, 0.1) is 21.9 Å². The first-order chi connectivity index (χ1) is 9.52. The van der Waals surface area contributed by atoms with Crippen LogP contribution in [-0.2, 0) is 0 Å². The molecule has 0 radical (unpaired) electrons. The van der Waals surface area contributed by atoms with Crippen molar-refractivity contribution in [1.82, 2.24) is 0 Å². The Morgan fingerprint density at radius 1 is 1.25 bits per heavy atom. The fourth-order valence-electron chi connectivity index (χ4n) is 1.95. The van der Waals surface area contributed by atoms with Gasteiger partial charge in [-0.15, -0.1) is 0 Å². The van der Waals surface area contributed by atoms with E-state index >= 15 is 0 Å².